The van der Waals surface area contributed by atoms with E-state index in [0.717, 1.165) is 16.6 Å². The highest BCUT2D eigenvalue weighted by molar-refractivity contribution is 6.33. The molecule has 1 amide bonds. The second-order valence-corrected chi connectivity index (χ2v) is 7.47. The van der Waals surface area contributed by atoms with Gasteiger partial charge in [0.05, 0.1) is 16.1 Å². The summed E-state index contributed by atoms with van der Waals surface area (Å²) < 4.78 is 11.1. The van der Waals surface area contributed by atoms with Gasteiger partial charge in [0.15, 0.2) is 11.5 Å². The van der Waals surface area contributed by atoms with E-state index in [1.807, 2.05) is 31.2 Å². The third kappa shape index (κ3) is 3.35. The number of fused-ring (bicyclic) bond motifs is 2. The summed E-state index contributed by atoms with van der Waals surface area (Å²) in [5, 5.41) is 3.46. The lowest BCUT2D eigenvalue weighted by Crippen LogP contribution is -2.17. The fourth-order valence-corrected chi connectivity index (χ4v) is 3.68. The lowest BCUT2D eigenvalue weighted by atomic mass is 10.1. The Kier molecular flexibility index (Phi) is 4.56. The molecule has 0 saturated heterocycles. The number of hydrogen-bond acceptors (Lipinski definition) is 4. The quantitative estimate of drug-likeness (QED) is 0.477. The highest BCUT2D eigenvalue weighted by Gasteiger charge is 2.16. The zero-order valence-corrected chi connectivity index (χ0v) is 16.9. The van der Waals surface area contributed by atoms with Crippen molar-refractivity contribution in [3.8, 4) is 22.9 Å². The lowest BCUT2D eigenvalue weighted by Gasteiger charge is -2.18. The number of halogens is 1. The van der Waals surface area contributed by atoms with Crippen molar-refractivity contribution in [2.75, 3.05) is 18.5 Å². The van der Waals surface area contributed by atoms with E-state index in [1.165, 1.54) is 0 Å². The van der Waals surface area contributed by atoms with Gasteiger partial charge in [-0.25, -0.2) is 4.98 Å². The zero-order chi connectivity index (χ0) is 20.7. The normalized spacial score (nSPS) is 12.7. The first-order valence-corrected chi connectivity index (χ1v) is 9.92. The van der Waals surface area contributed by atoms with Crippen molar-refractivity contribution in [3.05, 3.63) is 70.7 Å². The molecule has 0 fully saturated rings. The Labute approximate surface area is 177 Å². The fraction of sp³-hybridized carbons (Fsp3) is 0.130. The average molecular weight is 420 g/mol. The number of aryl methyl sites for hydroxylation is 1. The minimum Gasteiger partial charge on any atom is -0.486 e. The molecule has 6 nitrogen and oxygen atoms in total. The van der Waals surface area contributed by atoms with Crippen LogP contribution in [0.1, 0.15) is 15.9 Å². The molecular formula is C23H18ClN3O3. The minimum atomic E-state index is -0.249. The van der Waals surface area contributed by atoms with Gasteiger partial charge < -0.3 is 19.8 Å². The molecule has 0 radical (unpaired) electrons. The maximum absolute atomic E-state index is 12.8. The summed E-state index contributed by atoms with van der Waals surface area (Å²) in [5.74, 6) is 1.62. The van der Waals surface area contributed by atoms with Gasteiger partial charge in [-0.1, -0.05) is 23.7 Å². The first-order valence-electron chi connectivity index (χ1n) is 9.55. The highest BCUT2D eigenvalue weighted by atomic mass is 35.5. The van der Waals surface area contributed by atoms with Crippen molar-refractivity contribution in [2.24, 2.45) is 0 Å². The number of amides is 1. The van der Waals surface area contributed by atoms with Gasteiger partial charge in [-0.3, -0.25) is 4.79 Å². The van der Waals surface area contributed by atoms with Crippen LogP contribution in [0.25, 0.3) is 22.4 Å². The van der Waals surface area contributed by atoms with Crippen LogP contribution in [0.4, 0.5) is 5.69 Å². The molecular weight excluding hydrogens is 402 g/mol. The number of aromatic amines is 1. The van der Waals surface area contributed by atoms with Gasteiger partial charge >= 0.3 is 0 Å². The van der Waals surface area contributed by atoms with E-state index in [1.54, 1.807) is 30.3 Å². The molecule has 2 heterocycles. The zero-order valence-electron chi connectivity index (χ0n) is 16.2. The molecule has 1 aromatic heterocycles. The molecule has 0 atom stereocenters. The summed E-state index contributed by atoms with van der Waals surface area (Å²) in [6.45, 7) is 2.99. The van der Waals surface area contributed by atoms with Crippen LogP contribution in [-0.2, 0) is 0 Å². The number of nitrogens with one attached hydrogen (secondary N) is 2. The highest BCUT2D eigenvalue weighted by Crippen LogP contribution is 2.33. The number of aromatic nitrogens is 2. The standard InChI is InChI=1S/C23H18ClN3O3/c1-13-3-2-4-18-21(13)27-22(26-18)16-12-15(6-7-17(16)24)25-23(28)14-5-8-19-20(11-14)30-10-9-29-19/h2-8,11-12H,9-10H2,1H3,(H,25,28)(H,26,27). The van der Waals surface area contributed by atoms with Crippen LogP contribution in [-0.4, -0.2) is 29.1 Å². The van der Waals surface area contributed by atoms with Crippen molar-refractivity contribution in [2.45, 2.75) is 6.92 Å². The Hall–Kier alpha value is -3.51. The van der Waals surface area contributed by atoms with Crippen LogP contribution in [0.3, 0.4) is 0 Å². The maximum Gasteiger partial charge on any atom is 0.255 e. The van der Waals surface area contributed by atoms with Gasteiger partial charge in [0.1, 0.15) is 19.0 Å². The summed E-state index contributed by atoms with van der Waals surface area (Å²) in [6.07, 6.45) is 0. The summed E-state index contributed by atoms with van der Waals surface area (Å²) in [4.78, 5) is 20.7. The summed E-state index contributed by atoms with van der Waals surface area (Å²) in [5.41, 5.74) is 4.73. The number of benzene rings is 3. The monoisotopic (exact) mass is 419 g/mol. The molecule has 0 unspecified atom stereocenters. The molecule has 3 aromatic carbocycles. The van der Waals surface area contributed by atoms with Gasteiger partial charge in [0, 0.05) is 16.8 Å². The Morgan fingerprint density at radius 2 is 1.90 bits per heavy atom. The molecule has 150 valence electrons. The topological polar surface area (TPSA) is 76.2 Å². The molecule has 2 N–H and O–H groups in total. The molecule has 0 saturated carbocycles. The van der Waals surface area contributed by atoms with Crippen LogP contribution >= 0.6 is 11.6 Å². The predicted molar refractivity (Wildman–Crippen MR) is 117 cm³/mol. The number of para-hydroxylation sites is 1. The second-order valence-electron chi connectivity index (χ2n) is 7.06. The van der Waals surface area contributed by atoms with Crippen molar-refractivity contribution < 1.29 is 14.3 Å². The SMILES string of the molecule is Cc1cccc2[nH]c(-c3cc(NC(=O)c4ccc5c(c4)OCCO5)ccc3Cl)nc12. The number of H-pyrrole nitrogens is 1. The molecule has 5 rings (SSSR count). The number of nitrogens with zero attached hydrogens (tertiary/aromatic N) is 1. The van der Waals surface area contributed by atoms with Crippen molar-refractivity contribution in [3.63, 3.8) is 0 Å². The van der Waals surface area contributed by atoms with E-state index in [9.17, 15) is 4.79 Å². The molecule has 1 aliphatic heterocycles. The Balaban J connectivity index is 1.44. The number of ether oxygens (including phenoxy) is 2. The summed E-state index contributed by atoms with van der Waals surface area (Å²) in [6, 6.07) is 16.4. The molecule has 7 heteroatoms. The molecule has 0 bridgehead atoms. The molecule has 30 heavy (non-hydrogen) atoms. The number of imidazole rings is 1. The number of anilines is 1. The summed E-state index contributed by atoms with van der Waals surface area (Å²) in [7, 11) is 0. The number of hydrogen-bond donors (Lipinski definition) is 2. The van der Waals surface area contributed by atoms with Crippen LogP contribution in [0.5, 0.6) is 11.5 Å². The summed E-state index contributed by atoms with van der Waals surface area (Å²) >= 11 is 6.43. The number of carbonyl (C=O) groups is 1. The van der Waals surface area contributed by atoms with E-state index in [4.69, 9.17) is 21.1 Å². The third-order valence-corrected chi connectivity index (χ3v) is 5.33. The van der Waals surface area contributed by atoms with Gasteiger partial charge in [-0.05, 0) is 55.0 Å². The molecule has 0 aliphatic carbocycles. The van der Waals surface area contributed by atoms with Crippen LogP contribution < -0.4 is 14.8 Å². The maximum atomic E-state index is 12.8. The van der Waals surface area contributed by atoms with Gasteiger partial charge in [0.25, 0.3) is 5.91 Å². The molecule has 1 aliphatic rings. The number of rotatable bonds is 3. The fourth-order valence-electron chi connectivity index (χ4n) is 3.48. The molecule has 4 aromatic rings. The number of carbonyl (C=O) groups excluding carboxylic acids is 1. The van der Waals surface area contributed by atoms with Gasteiger partial charge in [-0.2, -0.15) is 0 Å². The second kappa shape index (κ2) is 7.39. The van der Waals surface area contributed by atoms with Crippen molar-refractivity contribution in [1.29, 1.82) is 0 Å². The largest absolute Gasteiger partial charge is 0.486 e. The van der Waals surface area contributed by atoms with E-state index >= 15 is 0 Å². The Morgan fingerprint density at radius 1 is 1.07 bits per heavy atom. The van der Waals surface area contributed by atoms with Crippen LogP contribution in [0.15, 0.2) is 54.6 Å². The smallest absolute Gasteiger partial charge is 0.255 e. The van der Waals surface area contributed by atoms with Crippen LogP contribution in [0.2, 0.25) is 5.02 Å². The van der Waals surface area contributed by atoms with Gasteiger partial charge in [0.2, 0.25) is 0 Å². The van der Waals surface area contributed by atoms with E-state index in [-0.39, 0.29) is 5.91 Å². The van der Waals surface area contributed by atoms with E-state index in [0.29, 0.717) is 52.4 Å². The van der Waals surface area contributed by atoms with Gasteiger partial charge in [-0.15, -0.1) is 0 Å². The average Bonchev–Trinajstić information content (AvgIpc) is 3.20. The third-order valence-electron chi connectivity index (χ3n) is 5.00. The Bertz CT molecular complexity index is 1280. The van der Waals surface area contributed by atoms with Crippen LogP contribution in [0, 0.1) is 6.92 Å². The Morgan fingerprint density at radius 3 is 2.73 bits per heavy atom. The molecule has 0 spiro atoms. The minimum absolute atomic E-state index is 0.249. The van der Waals surface area contributed by atoms with E-state index < -0.39 is 0 Å². The van der Waals surface area contributed by atoms with Crippen molar-refractivity contribution in [1.82, 2.24) is 9.97 Å². The van der Waals surface area contributed by atoms with Crippen molar-refractivity contribution >= 4 is 34.2 Å². The van der Waals surface area contributed by atoms with E-state index in [2.05, 4.69) is 15.3 Å². The first kappa shape index (κ1) is 18.5. The predicted octanol–water partition coefficient (Wildman–Crippen LogP) is 5.22. The first-order chi connectivity index (χ1) is 14.6. The lowest BCUT2D eigenvalue weighted by molar-refractivity contribution is 0.102.